The Morgan fingerprint density at radius 1 is 1.39 bits per heavy atom. The molecule has 1 N–H and O–H groups in total. The highest BCUT2D eigenvalue weighted by Gasteiger charge is 2.27. The van der Waals surface area contributed by atoms with Crippen LogP contribution in [0.4, 0.5) is 0 Å². The standard InChI is InChI=1S/C15H14N4O4/c20-8-14-22-9-13(23-14)18-5-3-12-17-11(7-19(12)15(18)21)10-2-1-4-16-6-10/h1-7,13-14,20H,8-9H2/t13-,14-/m1/s1. The number of aliphatic hydroxyl groups is 1. The Bertz CT molecular complexity index is 889. The molecular formula is C15H14N4O4. The maximum absolute atomic E-state index is 12.6. The second-order valence-electron chi connectivity index (χ2n) is 5.14. The lowest BCUT2D eigenvalue weighted by molar-refractivity contribution is -0.0993. The first-order valence-electron chi connectivity index (χ1n) is 7.15. The number of aromatic nitrogens is 4. The first-order valence-corrected chi connectivity index (χ1v) is 7.15. The van der Waals surface area contributed by atoms with E-state index in [2.05, 4.69) is 9.97 Å². The zero-order chi connectivity index (χ0) is 15.8. The van der Waals surface area contributed by atoms with E-state index in [0.717, 1.165) is 5.56 Å². The highest BCUT2D eigenvalue weighted by molar-refractivity contribution is 5.61. The van der Waals surface area contributed by atoms with Gasteiger partial charge in [0.05, 0.1) is 18.9 Å². The molecule has 0 unspecified atom stereocenters. The molecule has 23 heavy (non-hydrogen) atoms. The third-order valence-electron chi connectivity index (χ3n) is 3.69. The van der Waals surface area contributed by atoms with Gasteiger partial charge in [0.1, 0.15) is 5.65 Å². The van der Waals surface area contributed by atoms with Crippen molar-refractivity contribution in [1.29, 1.82) is 0 Å². The third kappa shape index (κ3) is 2.42. The van der Waals surface area contributed by atoms with E-state index < -0.39 is 12.5 Å². The van der Waals surface area contributed by atoms with Crippen LogP contribution in [0.15, 0.2) is 47.8 Å². The van der Waals surface area contributed by atoms with Crippen LogP contribution in [0.3, 0.4) is 0 Å². The zero-order valence-corrected chi connectivity index (χ0v) is 12.1. The van der Waals surface area contributed by atoms with Gasteiger partial charge in [0.25, 0.3) is 0 Å². The normalized spacial score (nSPS) is 21.1. The summed E-state index contributed by atoms with van der Waals surface area (Å²) in [6, 6.07) is 5.43. The average molecular weight is 314 g/mol. The maximum Gasteiger partial charge on any atom is 0.336 e. The number of nitrogens with zero attached hydrogens (tertiary/aromatic N) is 4. The van der Waals surface area contributed by atoms with E-state index >= 15 is 0 Å². The quantitative estimate of drug-likeness (QED) is 0.753. The molecule has 1 aliphatic heterocycles. The van der Waals surface area contributed by atoms with Crippen molar-refractivity contribution in [3.05, 3.63) is 53.5 Å². The first kappa shape index (κ1) is 14.1. The van der Waals surface area contributed by atoms with Gasteiger partial charge in [0, 0.05) is 30.4 Å². The fourth-order valence-corrected chi connectivity index (χ4v) is 2.56. The van der Waals surface area contributed by atoms with E-state index in [0.29, 0.717) is 11.3 Å². The monoisotopic (exact) mass is 314 g/mol. The van der Waals surface area contributed by atoms with Crippen LogP contribution in [0.5, 0.6) is 0 Å². The summed E-state index contributed by atoms with van der Waals surface area (Å²) < 4.78 is 13.6. The molecule has 3 aromatic heterocycles. The minimum atomic E-state index is -0.698. The predicted octanol–water partition coefficient (Wildman–Crippen LogP) is 0.422. The fourth-order valence-electron chi connectivity index (χ4n) is 2.56. The first-order chi connectivity index (χ1) is 11.3. The summed E-state index contributed by atoms with van der Waals surface area (Å²) in [4.78, 5) is 21.1. The van der Waals surface area contributed by atoms with Crippen LogP contribution in [0, 0.1) is 0 Å². The number of ether oxygens (including phenoxy) is 2. The van der Waals surface area contributed by atoms with Gasteiger partial charge in [-0.1, -0.05) is 0 Å². The predicted molar refractivity (Wildman–Crippen MR) is 79.6 cm³/mol. The topological polar surface area (TPSA) is 90.9 Å². The third-order valence-corrected chi connectivity index (χ3v) is 3.69. The molecule has 0 radical (unpaired) electrons. The molecule has 118 valence electrons. The number of hydrogen-bond donors (Lipinski definition) is 1. The maximum atomic E-state index is 12.6. The van der Waals surface area contributed by atoms with Gasteiger partial charge in [-0.2, -0.15) is 0 Å². The van der Waals surface area contributed by atoms with Gasteiger partial charge in [-0.15, -0.1) is 0 Å². The summed E-state index contributed by atoms with van der Waals surface area (Å²) in [7, 11) is 0. The van der Waals surface area contributed by atoms with Crippen LogP contribution in [-0.2, 0) is 9.47 Å². The summed E-state index contributed by atoms with van der Waals surface area (Å²) in [5.41, 5.74) is 1.77. The minimum Gasteiger partial charge on any atom is -0.391 e. The molecule has 8 heteroatoms. The van der Waals surface area contributed by atoms with Gasteiger partial charge in [0.15, 0.2) is 12.5 Å². The molecule has 2 atom stereocenters. The molecule has 0 bridgehead atoms. The van der Waals surface area contributed by atoms with E-state index in [1.165, 1.54) is 8.97 Å². The van der Waals surface area contributed by atoms with Crippen LogP contribution in [-0.4, -0.2) is 43.5 Å². The average Bonchev–Trinajstić information content (AvgIpc) is 3.23. The number of aliphatic hydroxyl groups excluding tert-OH is 1. The van der Waals surface area contributed by atoms with Crippen LogP contribution in [0.1, 0.15) is 6.23 Å². The van der Waals surface area contributed by atoms with Crippen molar-refractivity contribution in [2.24, 2.45) is 0 Å². The lowest BCUT2D eigenvalue weighted by atomic mass is 10.2. The van der Waals surface area contributed by atoms with Gasteiger partial charge in [-0.3, -0.25) is 14.0 Å². The highest BCUT2D eigenvalue weighted by atomic mass is 16.7. The Labute approximate surface area is 130 Å². The van der Waals surface area contributed by atoms with Crippen LogP contribution >= 0.6 is 0 Å². The highest BCUT2D eigenvalue weighted by Crippen LogP contribution is 2.20. The number of imidazole rings is 1. The van der Waals surface area contributed by atoms with Crippen molar-refractivity contribution in [3.8, 4) is 11.3 Å². The smallest absolute Gasteiger partial charge is 0.336 e. The van der Waals surface area contributed by atoms with Gasteiger partial charge in [-0.05, 0) is 18.2 Å². The zero-order valence-electron chi connectivity index (χ0n) is 12.1. The molecule has 1 saturated heterocycles. The number of fused-ring (bicyclic) bond motifs is 1. The summed E-state index contributed by atoms with van der Waals surface area (Å²) in [5, 5.41) is 9.04. The van der Waals surface area contributed by atoms with E-state index in [4.69, 9.17) is 14.6 Å². The summed E-state index contributed by atoms with van der Waals surface area (Å²) in [5.74, 6) is 0. The Balaban J connectivity index is 1.76. The molecule has 0 saturated carbocycles. The molecule has 1 fully saturated rings. The van der Waals surface area contributed by atoms with Gasteiger partial charge >= 0.3 is 5.69 Å². The second kappa shape index (κ2) is 5.58. The molecular weight excluding hydrogens is 300 g/mol. The lowest BCUT2D eigenvalue weighted by Gasteiger charge is -2.12. The molecule has 4 heterocycles. The van der Waals surface area contributed by atoms with E-state index in [1.807, 2.05) is 12.1 Å². The second-order valence-corrected chi connectivity index (χ2v) is 5.14. The SMILES string of the molecule is O=c1n([C@H]2CO[C@@H](CO)O2)ccc2nc(-c3cccnc3)cn12. The molecule has 1 aliphatic rings. The summed E-state index contributed by atoms with van der Waals surface area (Å²) >= 11 is 0. The fraction of sp³-hybridized carbons (Fsp3) is 0.267. The Hall–Kier alpha value is -2.55. The largest absolute Gasteiger partial charge is 0.391 e. The van der Waals surface area contributed by atoms with E-state index in [9.17, 15) is 4.79 Å². The molecule has 3 aromatic rings. The van der Waals surface area contributed by atoms with Crippen molar-refractivity contribution in [3.63, 3.8) is 0 Å². The van der Waals surface area contributed by atoms with Crippen molar-refractivity contribution >= 4 is 5.65 Å². The van der Waals surface area contributed by atoms with E-state index in [-0.39, 0.29) is 18.9 Å². The lowest BCUT2D eigenvalue weighted by Crippen LogP contribution is -2.30. The van der Waals surface area contributed by atoms with Crippen LogP contribution in [0.25, 0.3) is 16.9 Å². The van der Waals surface area contributed by atoms with Crippen molar-refractivity contribution < 1.29 is 14.6 Å². The number of pyridine rings is 1. The number of hydrogen-bond acceptors (Lipinski definition) is 6. The Morgan fingerprint density at radius 3 is 3.04 bits per heavy atom. The van der Waals surface area contributed by atoms with Gasteiger partial charge < -0.3 is 14.6 Å². The Kier molecular flexibility index (Phi) is 3.41. The Morgan fingerprint density at radius 2 is 2.30 bits per heavy atom. The molecule has 4 rings (SSSR count). The van der Waals surface area contributed by atoms with Gasteiger partial charge in [-0.25, -0.2) is 9.78 Å². The van der Waals surface area contributed by atoms with Crippen LogP contribution in [0.2, 0.25) is 0 Å². The molecule has 0 aromatic carbocycles. The molecule has 8 nitrogen and oxygen atoms in total. The van der Waals surface area contributed by atoms with Crippen molar-refractivity contribution in [2.45, 2.75) is 12.5 Å². The van der Waals surface area contributed by atoms with Crippen LogP contribution < -0.4 is 5.69 Å². The molecule has 0 aliphatic carbocycles. The van der Waals surface area contributed by atoms with E-state index in [1.54, 1.807) is 30.9 Å². The number of rotatable bonds is 3. The minimum absolute atomic E-state index is 0.209. The van der Waals surface area contributed by atoms with Crippen molar-refractivity contribution in [1.82, 2.24) is 18.9 Å². The summed E-state index contributed by atoms with van der Waals surface area (Å²) in [6.45, 7) is -0.0372. The summed E-state index contributed by atoms with van der Waals surface area (Å²) in [6.07, 6.45) is 5.40. The molecule has 0 amide bonds. The molecule has 0 spiro atoms. The van der Waals surface area contributed by atoms with Gasteiger partial charge in [0.2, 0.25) is 0 Å². The van der Waals surface area contributed by atoms with Crippen molar-refractivity contribution in [2.75, 3.05) is 13.2 Å².